The summed E-state index contributed by atoms with van der Waals surface area (Å²) in [6.07, 6.45) is -4.34. The molecule has 2 nitrogen and oxygen atoms in total. The van der Waals surface area contributed by atoms with Gasteiger partial charge in [-0.1, -0.05) is 13.0 Å². The smallest absolute Gasteiger partial charge is 0.392 e. The summed E-state index contributed by atoms with van der Waals surface area (Å²) in [5.74, 6) is 0.307. The monoisotopic (exact) mass is 233 g/mol. The first-order valence-corrected chi connectivity index (χ1v) is 5.00. The third-order valence-electron chi connectivity index (χ3n) is 2.13. The van der Waals surface area contributed by atoms with E-state index in [1.54, 1.807) is 18.2 Å². The van der Waals surface area contributed by atoms with Crippen molar-refractivity contribution in [2.24, 2.45) is 0 Å². The Morgan fingerprint density at radius 2 is 2.00 bits per heavy atom. The summed E-state index contributed by atoms with van der Waals surface area (Å²) in [6.45, 7) is 1.57. The summed E-state index contributed by atoms with van der Waals surface area (Å²) in [5, 5.41) is 0. The van der Waals surface area contributed by atoms with Crippen molar-refractivity contribution in [1.82, 2.24) is 0 Å². The van der Waals surface area contributed by atoms with Crippen LogP contribution in [0.2, 0.25) is 0 Å². The topological polar surface area (TPSA) is 35.2 Å². The molecular formula is C11H14F3NO. The number of benzene rings is 1. The summed E-state index contributed by atoms with van der Waals surface area (Å²) < 4.78 is 40.6. The molecule has 0 amide bonds. The van der Waals surface area contributed by atoms with Crippen molar-refractivity contribution in [3.8, 4) is 5.75 Å². The molecule has 0 spiro atoms. The van der Waals surface area contributed by atoms with Gasteiger partial charge in [-0.2, -0.15) is 13.2 Å². The molecule has 1 aromatic rings. The summed E-state index contributed by atoms with van der Waals surface area (Å²) in [6, 6.07) is 5.10. The van der Waals surface area contributed by atoms with E-state index in [9.17, 15) is 13.2 Å². The summed E-state index contributed by atoms with van der Waals surface area (Å²) in [5.41, 5.74) is 7.05. The molecule has 0 aromatic heterocycles. The van der Waals surface area contributed by atoms with Gasteiger partial charge in [-0.3, -0.25) is 0 Å². The van der Waals surface area contributed by atoms with Crippen LogP contribution in [0.25, 0.3) is 0 Å². The lowest BCUT2D eigenvalue weighted by Gasteiger charge is -2.11. The molecule has 0 unspecified atom stereocenters. The highest BCUT2D eigenvalue weighted by atomic mass is 19.4. The SMILES string of the molecule is CCc1ccc(OCCC(F)(F)F)c(N)c1. The van der Waals surface area contributed by atoms with Gasteiger partial charge in [0.05, 0.1) is 18.7 Å². The van der Waals surface area contributed by atoms with E-state index in [1.807, 2.05) is 6.92 Å². The van der Waals surface area contributed by atoms with Gasteiger partial charge in [0.25, 0.3) is 0 Å². The van der Waals surface area contributed by atoms with Crippen LogP contribution < -0.4 is 10.5 Å². The zero-order chi connectivity index (χ0) is 12.2. The molecule has 0 heterocycles. The number of ether oxygens (including phenoxy) is 1. The Morgan fingerprint density at radius 3 is 2.50 bits per heavy atom. The third kappa shape index (κ3) is 4.00. The van der Waals surface area contributed by atoms with E-state index in [4.69, 9.17) is 10.5 Å². The minimum Gasteiger partial charge on any atom is -0.491 e. The molecule has 16 heavy (non-hydrogen) atoms. The van der Waals surface area contributed by atoms with Gasteiger partial charge in [-0.05, 0) is 24.1 Å². The van der Waals surface area contributed by atoms with Crippen LogP contribution in [0, 0.1) is 0 Å². The van der Waals surface area contributed by atoms with Gasteiger partial charge in [0.15, 0.2) is 0 Å². The highest BCUT2D eigenvalue weighted by Crippen LogP contribution is 2.25. The number of alkyl halides is 3. The second-order valence-corrected chi connectivity index (χ2v) is 3.44. The number of anilines is 1. The van der Waals surface area contributed by atoms with Gasteiger partial charge in [-0.15, -0.1) is 0 Å². The zero-order valence-electron chi connectivity index (χ0n) is 8.97. The Bertz CT molecular complexity index is 350. The van der Waals surface area contributed by atoms with Crippen LogP contribution in [-0.4, -0.2) is 12.8 Å². The predicted molar refractivity (Wildman–Crippen MR) is 56.4 cm³/mol. The van der Waals surface area contributed by atoms with Crippen molar-refractivity contribution in [1.29, 1.82) is 0 Å². The van der Waals surface area contributed by atoms with Gasteiger partial charge in [-0.25, -0.2) is 0 Å². The average molecular weight is 233 g/mol. The quantitative estimate of drug-likeness (QED) is 0.811. The maximum absolute atomic E-state index is 11.9. The predicted octanol–water partition coefficient (Wildman–Crippen LogP) is 3.16. The van der Waals surface area contributed by atoms with Gasteiger partial charge in [0.1, 0.15) is 5.75 Å². The average Bonchev–Trinajstić information content (AvgIpc) is 2.18. The standard InChI is InChI=1S/C11H14F3NO/c1-2-8-3-4-10(9(15)7-8)16-6-5-11(12,13)14/h3-4,7H,2,5-6,15H2,1H3. The summed E-state index contributed by atoms with van der Waals surface area (Å²) >= 11 is 0. The molecule has 2 N–H and O–H groups in total. The van der Waals surface area contributed by atoms with Crippen LogP contribution in [0.1, 0.15) is 18.9 Å². The lowest BCUT2D eigenvalue weighted by molar-refractivity contribution is -0.139. The van der Waals surface area contributed by atoms with E-state index < -0.39 is 19.2 Å². The Morgan fingerprint density at radius 1 is 1.31 bits per heavy atom. The fraction of sp³-hybridized carbons (Fsp3) is 0.455. The first-order valence-electron chi connectivity index (χ1n) is 5.00. The lowest BCUT2D eigenvalue weighted by Crippen LogP contribution is -2.13. The van der Waals surface area contributed by atoms with E-state index in [0.717, 1.165) is 12.0 Å². The molecule has 0 aliphatic heterocycles. The van der Waals surface area contributed by atoms with Crippen molar-refractivity contribution in [2.75, 3.05) is 12.3 Å². The third-order valence-corrected chi connectivity index (χ3v) is 2.13. The normalized spacial score (nSPS) is 11.5. The molecule has 0 saturated heterocycles. The number of halogens is 3. The molecule has 90 valence electrons. The number of hydrogen-bond acceptors (Lipinski definition) is 2. The van der Waals surface area contributed by atoms with Crippen molar-refractivity contribution in [3.05, 3.63) is 23.8 Å². The molecule has 1 rings (SSSR count). The fourth-order valence-electron chi connectivity index (χ4n) is 1.23. The molecule has 0 fully saturated rings. The van der Waals surface area contributed by atoms with Crippen LogP contribution in [0.4, 0.5) is 18.9 Å². The number of nitrogen functional groups attached to an aromatic ring is 1. The molecule has 0 atom stereocenters. The van der Waals surface area contributed by atoms with E-state index in [1.165, 1.54) is 0 Å². The minimum absolute atomic E-state index is 0.307. The van der Waals surface area contributed by atoms with Crippen molar-refractivity contribution in [2.45, 2.75) is 25.9 Å². The molecule has 0 radical (unpaired) electrons. The second-order valence-electron chi connectivity index (χ2n) is 3.44. The van der Waals surface area contributed by atoms with E-state index >= 15 is 0 Å². The molecule has 0 bridgehead atoms. The number of aryl methyl sites for hydroxylation is 1. The number of nitrogens with two attached hydrogens (primary N) is 1. The Labute approximate surface area is 92.2 Å². The molecule has 0 aliphatic carbocycles. The number of hydrogen-bond donors (Lipinski definition) is 1. The fourth-order valence-corrected chi connectivity index (χ4v) is 1.23. The largest absolute Gasteiger partial charge is 0.491 e. The van der Waals surface area contributed by atoms with Gasteiger partial charge in [0.2, 0.25) is 0 Å². The highest BCUT2D eigenvalue weighted by Gasteiger charge is 2.26. The van der Waals surface area contributed by atoms with Crippen LogP contribution in [0.3, 0.4) is 0 Å². The second kappa shape index (κ2) is 5.09. The van der Waals surface area contributed by atoms with Gasteiger partial charge < -0.3 is 10.5 Å². The Hall–Kier alpha value is -1.39. The molecular weight excluding hydrogens is 219 g/mol. The minimum atomic E-state index is -4.20. The summed E-state index contributed by atoms with van der Waals surface area (Å²) in [7, 11) is 0. The Balaban J connectivity index is 2.55. The van der Waals surface area contributed by atoms with Crippen molar-refractivity contribution < 1.29 is 17.9 Å². The van der Waals surface area contributed by atoms with E-state index in [2.05, 4.69) is 0 Å². The van der Waals surface area contributed by atoms with Crippen LogP contribution in [0.15, 0.2) is 18.2 Å². The van der Waals surface area contributed by atoms with E-state index in [-0.39, 0.29) is 0 Å². The van der Waals surface area contributed by atoms with Crippen molar-refractivity contribution >= 4 is 5.69 Å². The van der Waals surface area contributed by atoms with Gasteiger partial charge in [0, 0.05) is 0 Å². The molecule has 0 saturated carbocycles. The first-order chi connectivity index (χ1) is 7.42. The summed E-state index contributed by atoms with van der Waals surface area (Å²) in [4.78, 5) is 0. The van der Waals surface area contributed by atoms with Crippen molar-refractivity contribution in [3.63, 3.8) is 0 Å². The molecule has 5 heteroatoms. The maximum Gasteiger partial charge on any atom is 0.392 e. The van der Waals surface area contributed by atoms with Crippen LogP contribution >= 0.6 is 0 Å². The van der Waals surface area contributed by atoms with Gasteiger partial charge >= 0.3 is 6.18 Å². The molecule has 0 aliphatic rings. The van der Waals surface area contributed by atoms with E-state index in [0.29, 0.717) is 11.4 Å². The Kier molecular flexibility index (Phi) is 4.04. The maximum atomic E-state index is 11.9. The lowest BCUT2D eigenvalue weighted by atomic mass is 10.1. The van der Waals surface area contributed by atoms with Crippen LogP contribution in [-0.2, 0) is 6.42 Å². The number of rotatable bonds is 4. The van der Waals surface area contributed by atoms with Crippen LogP contribution in [0.5, 0.6) is 5.75 Å². The molecule has 1 aromatic carbocycles. The zero-order valence-corrected chi connectivity index (χ0v) is 8.97. The first kappa shape index (κ1) is 12.7. The highest BCUT2D eigenvalue weighted by molar-refractivity contribution is 5.54.